The quantitative estimate of drug-likeness (QED) is 0.850. The smallest absolute Gasteiger partial charge is 0.0488 e. The van der Waals surface area contributed by atoms with Gasteiger partial charge in [0.05, 0.1) is 0 Å². The normalized spacial score (nSPS) is 47.6. The summed E-state index contributed by atoms with van der Waals surface area (Å²) in [6.45, 7) is 2.87. The molecule has 0 radical (unpaired) electrons. The van der Waals surface area contributed by atoms with Crippen molar-refractivity contribution in [2.24, 2.45) is 16.7 Å². The first kappa shape index (κ1) is 12.0. The lowest BCUT2D eigenvalue weighted by molar-refractivity contribution is -0.136. The van der Waals surface area contributed by atoms with E-state index in [1.807, 2.05) is 0 Å². The van der Waals surface area contributed by atoms with Gasteiger partial charge in [0.25, 0.3) is 0 Å². The molecule has 19 heavy (non-hydrogen) atoms. The number of aliphatic hydroxyl groups is 1. The Hall–Kier alpha value is -0.820. The standard InChI is InChI=1S/C18H24O/c1-16-7-14-8-17(10-16,13-19)12-18(9-14,11-16)15-5-3-2-4-6-15/h2-6,14,19H,7-13H2,1H3/t14-,16+,17+,18+/m0/s1. The Balaban J connectivity index is 1.82. The van der Waals surface area contributed by atoms with Crippen LogP contribution in [0.15, 0.2) is 30.3 Å². The van der Waals surface area contributed by atoms with Crippen molar-refractivity contribution < 1.29 is 5.11 Å². The van der Waals surface area contributed by atoms with Gasteiger partial charge in [-0.25, -0.2) is 0 Å². The van der Waals surface area contributed by atoms with Crippen molar-refractivity contribution in [3.05, 3.63) is 35.9 Å². The highest BCUT2D eigenvalue weighted by molar-refractivity contribution is 5.31. The fourth-order valence-electron chi connectivity index (χ4n) is 6.43. The van der Waals surface area contributed by atoms with Crippen LogP contribution >= 0.6 is 0 Å². The molecule has 1 nitrogen and oxygen atoms in total. The lowest BCUT2D eigenvalue weighted by atomic mass is 9.39. The molecule has 4 aliphatic carbocycles. The molecular formula is C18H24O. The van der Waals surface area contributed by atoms with Crippen LogP contribution in [0.2, 0.25) is 0 Å². The Morgan fingerprint density at radius 1 is 1.05 bits per heavy atom. The highest BCUT2D eigenvalue weighted by atomic mass is 16.3. The molecule has 0 spiro atoms. The average Bonchev–Trinajstić information content (AvgIpc) is 2.37. The van der Waals surface area contributed by atoms with Crippen LogP contribution in [0.25, 0.3) is 0 Å². The molecule has 4 bridgehead atoms. The predicted molar refractivity (Wildman–Crippen MR) is 76.9 cm³/mol. The largest absolute Gasteiger partial charge is 0.396 e. The van der Waals surface area contributed by atoms with Crippen molar-refractivity contribution in [1.82, 2.24) is 0 Å². The monoisotopic (exact) mass is 256 g/mol. The van der Waals surface area contributed by atoms with Gasteiger partial charge in [-0.05, 0) is 66.3 Å². The third kappa shape index (κ3) is 1.64. The molecule has 0 amide bonds. The molecule has 4 aliphatic rings. The van der Waals surface area contributed by atoms with E-state index in [0.29, 0.717) is 17.4 Å². The van der Waals surface area contributed by atoms with Gasteiger partial charge in [0.15, 0.2) is 0 Å². The maximum atomic E-state index is 10.0. The lowest BCUT2D eigenvalue weighted by Crippen LogP contribution is -2.58. The first-order valence-corrected chi connectivity index (χ1v) is 7.74. The highest BCUT2D eigenvalue weighted by Gasteiger charge is 2.61. The van der Waals surface area contributed by atoms with Gasteiger partial charge >= 0.3 is 0 Å². The molecule has 102 valence electrons. The Morgan fingerprint density at radius 2 is 1.84 bits per heavy atom. The molecule has 4 atom stereocenters. The summed E-state index contributed by atoms with van der Waals surface area (Å²) in [6.07, 6.45) is 7.82. The minimum atomic E-state index is 0.226. The van der Waals surface area contributed by atoms with Crippen molar-refractivity contribution in [2.45, 2.75) is 50.9 Å². The Kier molecular flexibility index (Phi) is 2.29. The molecule has 0 heterocycles. The van der Waals surface area contributed by atoms with Crippen LogP contribution in [0.4, 0.5) is 0 Å². The molecule has 5 rings (SSSR count). The minimum Gasteiger partial charge on any atom is -0.396 e. The van der Waals surface area contributed by atoms with Crippen LogP contribution in [0, 0.1) is 16.7 Å². The first-order valence-electron chi connectivity index (χ1n) is 7.74. The second-order valence-corrected chi connectivity index (χ2v) is 8.12. The van der Waals surface area contributed by atoms with Gasteiger partial charge in [-0.1, -0.05) is 37.3 Å². The highest BCUT2D eigenvalue weighted by Crippen LogP contribution is 2.69. The number of benzene rings is 1. The summed E-state index contributed by atoms with van der Waals surface area (Å²) in [5.74, 6) is 0.841. The molecule has 1 aromatic rings. The SMILES string of the molecule is C[C@@]12C[C@H]3C[C@@](CO)(C1)C[C@@](c1ccccc1)(C3)C2. The van der Waals surface area contributed by atoms with Gasteiger partial charge in [0.1, 0.15) is 0 Å². The topological polar surface area (TPSA) is 20.2 Å². The van der Waals surface area contributed by atoms with Crippen molar-refractivity contribution in [1.29, 1.82) is 0 Å². The fourth-order valence-corrected chi connectivity index (χ4v) is 6.43. The zero-order valence-electron chi connectivity index (χ0n) is 11.9. The van der Waals surface area contributed by atoms with E-state index in [1.54, 1.807) is 0 Å². The van der Waals surface area contributed by atoms with Gasteiger partial charge in [0.2, 0.25) is 0 Å². The first-order chi connectivity index (χ1) is 9.07. The van der Waals surface area contributed by atoms with E-state index in [2.05, 4.69) is 37.3 Å². The summed E-state index contributed by atoms with van der Waals surface area (Å²) in [5.41, 5.74) is 2.59. The molecule has 0 saturated heterocycles. The van der Waals surface area contributed by atoms with E-state index in [1.165, 1.54) is 44.1 Å². The van der Waals surface area contributed by atoms with E-state index < -0.39 is 0 Å². The number of rotatable bonds is 2. The Morgan fingerprint density at radius 3 is 2.53 bits per heavy atom. The third-order valence-corrected chi connectivity index (χ3v) is 6.18. The van der Waals surface area contributed by atoms with Crippen LogP contribution < -0.4 is 0 Å². The van der Waals surface area contributed by atoms with Crippen molar-refractivity contribution in [3.8, 4) is 0 Å². The van der Waals surface area contributed by atoms with E-state index in [4.69, 9.17) is 0 Å². The van der Waals surface area contributed by atoms with Crippen molar-refractivity contribution in [3.63, 3.8) is 0 Å². The van der Waals surface area contributed by atoms with E-state index in [9.17, 15) is 5.11 Å². The molecule has 1 N–H and O–H groups in total. The van der Waals surface area contributed by atoms with Gasteiger partial charge in [-0.3, -0.25) is 0 Å². The second kappa shape index (κ2) is 3.63. The van der Waals surface area contributed by atoms with Gasteiger partial charge < -0.3 is 5.11 Å². The number of hydrogen-bond acceptors (Lipinski definition) is 1. The van der Waals surface area contributed by atoms with Crippen LogP contribution in [0.5, 0.6) is 0 Å². The van der Waals surface area contributed by atoms with Crippen molar-refractivity contribution in [2.75, 3.05) is 6.61 Å². The summed E-state index contributed by atoms with van der Waals surface area (Å²) in [4.78, 5) is 0. The molecule has 0 aliphatic heterocycles. The predicted octanol–water partition coefficient (Wildman–Crippen LogP) is 3.91. The van der Waals surface area contributed by atoms with Crippen molar-refractivity contribution >= 4 is 0 Å². The summed E-state index contributed by atoms with van der Waals surface area (Å²) in [5, 5.41) is 10.0. The third-order valence-electron chi connectivity index (χ3n) is 6.18. The van der Waals surface area contributed by atoms with Crippen LogP contribution in [-0.4, -0.2) is 11.7 Å². The van der Waals surface area contributed by atoms with Gasteiger partial charge in [-0.2, -0.15) is 0 Å². The summed E-state index contributed by atoms with van der Waals surface area (Å²) >= 11 is 0. The molecular weight excluding hydrogens is 232 g/mol. The fraction of sp³-hybridized carbons (Fsp3) is 0.667. The lowest BCUT2D eigenvalue weighted by Gasteiger charge is -2.66. The van der Waals surface area contributed by atoms with Gasteiger partial charge in [0, 0.05) is 6.61 Å². The summed E-state index contributed by atoms with van der Waals surface area (Å²) in [6, 6.07) is 11.1. The zero-order valence-corrected chi connectivity index (χ0v) is 11.9. The summed E-state index contributed by atoms with van der Waals surface area (Å²) < 4.78 is 0. The zero-order chi connectivity index (χ0) is 13.1. The van der Waals surface area contributed by atoms with Crippen LogP contribution in [0.1, 0.15) is 51.0 Å². The van der Waals surface area contributed by atoms with E-state index in [-0.39, 0.29) is 5.41 Å². The maximum absolute atomic E-state index is 10.0. The van der Waals surface area contributed by atoms with E-state index >= 15 is 0 Å². The molecule has 1 heteroatoms. The maximum Gasteiger partial charge on any atom is 0.0488 e. The molecule has 4 fully saturated rings. The van der Waals surface area contributed by atoms with Crippen LogP contribution in [0.3, 0.4) is 0 Å². The summed E-state index contributed by atoms with van der Waals surface area (Å²) in [7, 11) is 0. The molecule has 1 aromatic carbocycles. The average molecular weight is 256 g/mol. The Bertz CT molecular complexity index is 496. The van der Waals surface area contributed by atoms with Gasteiger partial charge in [-0.15, -0.1) is 0 Å². The Labute approximate surface area is 116 Å². The number of hydrogen-bond donors (Lipinski definition) is 1. The number of aliphatic hydroxyl groups excluding tert-OH is 1. The van der Waals surface area contributed by atoms with E-state index in [0.717, 1.165) is 5.92 Å². The van der Waals surface area contributed by atoms with Crippen LogP contribution in [-0.2, 0) is 5.41 Å². The molecule has 0 aromatic heterocycles. The molecule has 4 saturated carbocycles. The minimum absolute atomic E-state index is 0.226. The second-order valence-electron chi connectivity index (χ2n) is 8.12. The molecule has 0 unspecified atom stereocenters.